The van der Waals surface area contributed by atoms with E-state index in [1.165, 1.54) is 12.1 Å². The van der Waals surface area contributed by atoms with E-state index in [1.807, 2.05) is 25.1 Å². The summed E-state index contributed by atoms with van der Waals surface area (Å²) >= 11 is 0. The van der Waals surface area contributed by atoms with Crippen molar-refractivity contribution in [2.24, 2.45) is 0 Å². The molecule has 0 radical (unpaired) electrons. The lowest BCUT2D eigenvalue weighted by molar-refractivity contribution is -0.137. The Morgan fingerprint density at radius 3 is 2.43 bits per heavy atom. The van der Waals surface area contributed by atoms with Crippen molar-refractivity contribution in [2.75, 3.05) is 32.8 Å². The Balaban J connectivity index is 1.71. The fourth-order valence-electron chi connectivity index (χ4n) is 3.33. The molecule has 1 atom stereocenters. The van der Waals surface area contributed by atoms with Gasteiger partial charge in [-0.2, -0.15) is 13.2 Å². The molecule has 1 amide bonds. The average molecular weight is 392 g/mol. The maximum atomic E-state index is 12.7. The molecule has 1 fully saturated rings. The summed E-state index contributed by atoms with van der Waals surface area (Å²) < 4.78 is 43.5. The van der Waals surface area contributed by atoms with Gasteiger partial charge in [0.15, 0.2) is 0 Å². The number of nitrogens with one attached hydrogen (secondary N) is 1. The molecular weight excluding hydrogens is 369 g/mol. The minimum Gasteiger partial charge on any atom is -0.379 e. The Bertz CT molecular complexity index is 800. The molecule has 0 aliphatic carbocycles. The van der Waals surface area contributed by atoms with Crippen molar-refractivity contribution in [3.05, 3.63) is 70.8 Å². The van der Waals surface area contributed by atoms with Gasteiger partial charge in [-0.15, -0.1) is 0 Å². The van der Waals surface area contributed by atoms with Gasteiger partial charge in [-0.05, 0) is 36.8 Å². The number of halogens is 3. The number of hydrogen-bond acceptors (Lipinski definition) is 3. The van der Waals surface area contributed by atoms with E-state index in [1.54, 1.807) is 0 Å². The molecule has 1 aliphatic rings. The number of alkyl halides is 3. The first-order chi connectivity index (χ1) is 13.3. The third-order valence-electron chi connectivity index (χ3n) is 4.84. The van der Waals surface area contributed by atoms with Crippen molar-refractivity contribution in [1.29, 1.82) is 0 Å². The topological polar surface area (TPSA) is 41.6 Å². The standard InChI is InChI=1S/C21H23F3N2O2/c1-15-3-2-4-17(13-15)19(26-9-11-28-12-10-26)14-25-20(27)16-5-7-18(8-6-16)21(22,23)24/h2-8,13,19H,9-12,14H2,1H3,(H,25,27). The Morgan fingerprint density at radius 2 is 1.82 bits per heavy atom. The van der Waals surface area contributed by atoms with Crippen LogP contribution in [0.4, 0.5) is 13.2 Å². The number of carbonyl (C=O) groups is 1. The molecule has 2 aromatic rings. The van der Waals surface area contributed by atoms with Gasteiger partial charge in [0.1, 0.15) is 0 Å². The Morgan fingerprint density at radius 1 is 1.14 bits per heavy atom. The Kier molecular flexibility index (Phi) is 6.36. The number of morpholine rings is 1. The quantitative estimate of drug-likeness (QED) is 0.841. The Hall–Kier alpha value is -2.38. The second-order valence-electron chi connectivity index (χ2n) is 6.86. The number of ether oxygens (including phenoxy) is 1. The second kappa shape index (κ2) is 8.75. The third-order valence-corrected chi connectivity index (χ3v) is 4.84. The van der Waals surface area contributed by atoms with Gasteiger partial charge in [0.25, 0.3) is 5.91 Å². The minimum atomic E-state index is -4.42. The highest BCUT2D eigenvalue weighted by atomic mass is 19.4. The van der Waals surface area contributed by atoms with Crippen LogP contribution in [0.5, 0.6) is 0 Å². The van der Waals surface area contributed by atoms with Gasteiger partial charge in [-0.3, -0.25) is 9.69 Å². The van der Waals surface area contributed by atoms with E-state index in [0.29, 0.717) is 19.8 Å². The first-order valence-corrected chi connectivity index (χ1v) is 9.18. The predicted octanol–water partition coefficient (Wildman–Crippen LogP) is 3.82. The van der Waals surface area contributed by atoms with Crippen LogP contribution in [0.3, 0.4) is 0 Å². The van der Waals surface area contributed by atoms with E-state index in [2.05, 4.69) is 16.3 Å². The summed E-state index contributed by atoms with van der Waals surface area (Å²) in [6, 6.07) is 12.3. The SMILES string of the molecule is Cc1cccc(C(CNC(=O)c2ccc(C(F)(F)F)cc2)N2CCOCC2)c1. The van der Waals surface area contributed by atoms with Crippen LogP contribution in [0.1, 0.15) is 33.1 Å². The highest BCUT2D eigenvalue weighted by Crippen LogP contribution is 2.29. The molecule has 2 aromatic carbocycles. The van der Waals surface area contributed by atoms with Gasteiger partial charge in [0.05, 0.1) is 24.8 Å². The summed E-state index contributed by atoms with van der Waals surface area (Å²) in [6.45, 7) is 5.16. The van der Waals surface area contributed by atoms with Crippen LogP contribution in [-0.2, 0) is 10.9 Å². The normalized spacial score (nSPS) is 16.6. The molecule has 3 rings (SSSR count). The zero-order chi connectivity index (χ0) is 20.1. The van der Waals surface area contributed by atoms with Crippen molar-refractivity contribution >= 4 is 5.91 Å². The van der Waals surface area contributed by atoms with E-state index >= 15 is 0 Å². The molecule has 0 saturated carbocycles. The number of rotatable bonds is 5. The van der Waals surface area contributed by atoms with E-state index in [0.717, 1.165) is 36.3 Å². The molecule has 1 unspecified atom stereocenters. The number of nitrogens with zero attached hydrogens (tertiary/aromatic N) is 1. The summed E-state index contributed by atoms with van der Waals surface area (Å²) in [4.78, 5) is 14.7. The second-order valence-corrected chi connectivity index (χ2v) is 6.86. The first kappa shape index (κ1) is 20.4. The number of aryl methyl sites for hydroxylation is 1. The predicted molar refractivity (Wildman–Crippen MR) is 100 cm³/mol. The fraction of sp³-hybridized carbons (Fsp3) is 0.381. The molecule has 1 heterocycles. The van der Waals surface area contributed by atoms with Gasteiger partial charge in [-0.25, -0.2) is 0 Å². The number of carbonyl (C=O) groups excluding carboxylic acids is 1. The van der Waals surface area contributed by atoms with Crippen LogP contribution < -0.4 is 5.32 Å². The first-order valence-electron chi connectivity index (χ1n) is 9.18. The zero-order valence-corrected chi connectivity index (χ0v) is 15.6. The van der Waals surface area contributed by atoms with E-state index in [-0.39, 0.29) is 17.5 Å². The minimum absolute atomic E-state index is 0.0257. The monoisotopic (exact) mass is 392 g/mol. The maximum Gasteiger partial charge on any atom is 0.416 e. The van der Waals surface area contributed by atoms with Crippen LogP contribution in [0.2, 0.25) is 0 Å². The summed E-state index contributed by atoms with van der Waals surface area (Å²) in [5.74, 6) is -0.389. The van der Waals surface area contributed by atoms with Crippen molar-refractivity contribution in [3.63, 3.8) is 0 Å². The lowest BCUT2D eigenvalue weighted by Crippen LogP contribution is -2.43. The van der Waals surface area contributed by atoms with Crippen molar-refractivity contribution in [2.45, 2.75) is 19.1 Å². The largest absolute Gasteiger partial charge is 0.416 e. The Labute approximate surface area is 162 Å². The van der Waals surface area contributed by atoms with Crippen LogP contribution in [-0.4, -0.2) is 43.7 Å². The van der Waals surface area contributed by atoms with Gasteiger partial charge in [0, 0.05) is 25.2 Å². The molecule has 4 nitrogen and oxygen atoms in total. The van der Waals surface area contributed by atoms with Crippen LogP contribution >= 0.6 is 0 Å². The van der Waals surface area contributed by atoms with Gasteiger partial charge >= 0.3 is 6.18 Å². The molecule has 1 aliphatic heterocycles. The molecule has 1 saturated heterocycles. The summed E-state index contributed by atoms with van der Waals surface area (Å²) in [5, 5.41) is 2.87. The lowest BCUT2D eigenvalue weighted by atomic mass is 10.0. The van der Waals surface area contributed by atoms with E-state index in [4.69, 9.17) is 4.74 Å². The molecule has 1 N–H and O–H groups in total. The fourth-order valence-corrected chi connectivity index (χ4v) is 3.33. The highest BCUT2D eigenvalue weighted by molar-refractivity contribution is 5.94. The van der Waals surface area contributed by atoms with E-state index < -0.39 is 11.7 Å². The molecule has 0 spiro atoms. The number of hydrogen-bond donors (Lipinski definition) is 1. The summed E-state index contributed by atoms with van der Waals surface area (Å²) in [7, 11) is 0. The molecule has 0 aromatic heterocycles. The smallest absolute Gasteiger partial charge is 0.379 e. The maximum absolute atomic E-state index is 12.7. The zero-order valence-electron chi connectivity index (χ0n) is 15.6. The molecule has 7 heteroatoms. The lowest BCUT2D eigenvalue weighted by Gasteiger charge is -2.35. The molecule has 0 bridgehead atoms. The van der Waals surface area contributed by atoms with Crippen molar-refractivity contribution in [3.8, 4) is 0 Å². The van der Waals surface area contributed by atoms with Crippen LogP contribution in [0, 0.1) is 6.92 Å². The van der Waals surface area contributed by atoms with Gasteiger partial charge in [-0.1, -0.05) is 29.8 Å². The van der Waals surface area contributed by atoms with Crippen LogP contribution in [0.25, 0.3) is 0 Å². The summed E-state index contributed by atoms with van der Waals surface area (Å²) in [6.07, 6.45) is -4.42. The van der Waals surface area contributed by atoms with E-state index in [9.17, 15) is 18.0 Å². The van der Waals surface area contributed by atoms with Crippen molar-refractivity contribution < 1.29 is 22.7 Å². The van der Waals surface area contributed by atoms with Gasteiger partial charge in [0.2, 0.25) is 0 Å². The average Bonchev–Trinajstić information content (AvgIpc) is 2.68. The van der Waals surface area contributed by atoms with Crippen molar-refractivity contribution in [1.82, 2.24) is 10.2 Å². The summed E-state index contributed by atoms with van der Waals surface area (Å²) in [5.41, 5.74) is 1.66. The molecular formula is C21H23F3N2O2. The molecule has 28 heavy (non-hydrogen) atoms. The van der Waals surface area contributed by atoms with Gasteiger partial charge < -0.3 is 10.1 Å². The molecule has 150 valence electrons. The number of amides is 1. The van der Waals surface area contributed by atoms with Crippen LogP contribution in [0.15, 0.2) is 48.5 Å². The third kappa shape index (κ3) is 5.11. The number of benzene rings is 2. The highest BCUT2D eigenvalue weighted by Gasteiger charge is 2.30.